The summed E-state index contributed by atoms with van der Waals surface area (Å²) < 4.78 is 0. The monoisotopic (exact) mass is 375 g/mol. The van der Waals surface area contributed by atoms with Crippen molar-refractivity contribution in [3.05, 3.63) is 59.2 Å². The van der Waals surface area contributed by atoms with E-state index < -0.39 is 0 Å². The Kier molecular flexibility index (Phi) is 4.15. The van der Waals surface area contributed by atoms with E-state index in [4.69, 9.17) is 0 Å². The van der Waals surface area contributed by atoms with E-state index in [1.807, 2.05) is 18.2 Å². The van der Waals surface area contributed by atoms with Gasteiger partial charge in [-0.05, 0) is 73.8 Å². The highest BCUT2D eigenvalue weighted by atomic mass is 79.9. The summed E-state index contributed by atoms with van der Waals surface area (Å²) in [6, 6.07) is 14.0. The third-order valence-corrected chi connectivity index (χ3v) is 5.58. The number of hydrogen-bond donors (Lipinski definition) is 2. The molecule has 23 heavy (non-hydrogen) atoms. The number of rotatable bonds is 1. The lowest BCUT2D eigenvalue weighted by Crippen LogP contribution is -2.52. The summed E-state index contributed by atoms with van der Waals surface area (Å²) in [4.78, 5) is 2.45. The predicted molar refractivity (Wildman–Crippen MR) is 96.7 cm³/mol. The molecule has 2 aliphatic rings. The molecule has 1 aliphatic heterocycles. The zero-order valence-electron chi connectivity index (χ0n) is 13.2. The summed E-state index contributed by atoms with van der Waals surface area (Å²) in [5.41, 5.74) is 3.81. The van der Waals surface area contributed by atoms with Gasteiger partial charge in [0.2, 0.25) is 0 Å². The molecule has 3 nitrogen and oxygen atoms in total. The largest absolute Gasteiger partial charge is 0.508 e. The van der Waals surface area contributed by atoms with Crippen molar-refractivity contribution in [1.29, 1.82) is 0 Å². The zero-order valence-corrected chi connectivity index (χ0v) is 14.9. The lowest BCUT2D eigenvalue weighted by atomic mass is 9.60. The molecule has 2 N–H and O–H groups in total. The quantitative estimate of drug-likeness (QED) is 0.799. The third kappa shape index (κ3) is 2.54. The first kappa shape index (κ1) is 16.3. The SMILES string of the molecule is Br.CN1CCC2(c3ccc(O)cc3)CC1Cc1ccc(O)cc12. The second-order valence-electron chi connectivity index (χ2n) is 6.76. The van der Waals surface area contributed by atoms with Gasteiger partial charge in [0.1, 0.15) is 11.5 Å². The second-order valence-corrected chi connectivity index (χ2v) is 6.76. The third-order valence-electron chi connectivity index (χ3n) is 5.58. The number of phenols is 2. The number of likely N-dealkylation sites (tertiary alicyclic amines) is 1. The lowest BCUT2D eigenvalue weighted by molar-refractivity contribution is 0.123. The Morgan fingerprint density at radius 3 is 2.48 bits per heavy atom. The molecule has 0 saturated carbocycles. The van der Waals surface area contributed by atoms with E-state index in [9.17, 15) is 10.2 Å². The fourth-order valence-corrected chi connectivity index (χ4v) is 4.32. The summed E-state index contributed by atoms with van der Waals surface area (Å²) in [6.07, 6.45) is 3.16. The van der Waals surface area contributed by atoms with Crippen LogP contribution in [-0.4, -0.2) is 34.7 Å². The summed E-state index contributed by atoms with van der Waals surface area (Å²) in [5.74, 6) is 0.644. The van der Waals surface area contributed by atoms with Crippen LogP contribution in [0.3, 0.4) is 0 Å². The molecule has 2 bridgehead atoms. The molecular weight excluding hydrogens is 354 g/mol. The second kappa shape index (κ2) is 5.84. The molecule has 0 aromatic heterocycles. The van der Waals surface area contributed by atoms with Gasteiger partial charge in [-0.2, -0.15) is 0 Å². The van der Waals surface area contributed by atoms with Crippen LogP contribution in [0.25, 0.3) is 0 Å². The van der Waals surface area contributed by atoms with Crippen LogP contribution >= 0.6 is 17.0 Å². The van der Waals surface area contributed by atoms with Gasteiger partial charge in [0.25, 0.3) is 0 Å². The van der Waals surface area contributed by atoms with Gasteiger partial charge >= 0.3 is 0 Å². The summed E-state index contributed by atoms with van der Waals surface area (Å²) >= 11 is 0. The molecule has 2 atom stereocenters. The Bertz CT molecular complexity index is 716. The highest BCUT2D eigenvalue weighted by molar-refractivity contribution is 8.93. The summed E-state index contributed by atoms with van der Waals surface area (Å²) in [7, 11) is 2.21. The van der Waals surface area contributed by atoms with E-state index in [-0.39, 0.29) is 22.4 Å². The molecule has 2 unspecified atom stereocenters. The van der Waals surface area contributed by atoms with E-state index in [0.717, 1.165) is 25.8 Å². The fraction of sp³-hybridized carbons (Fsp3) is 0.368. The van der Waals surface area contributed by atoms with Crippen molar-refractivity contribution < 1.29 is 10.2 Å². The van der Waals surface area contributed by atoms with Crippen LogP contribution in [0.15, 0.2) is 42.5 Å². The molecule has 1 heterocycles. The summed E-state index contributed by atoms with van der Waals surface area (Å²) in [6.45, 7) is 1.06. The number of hydrogen-bond acceptors (Lipinski definition) is 3. The van der Waals surface area contributed by atoms with Gasteiger partial charge in [-0.15, -0.1) is 17.0 Å². The van der Waals surface area contributed by atoms with Crippen LogP contribution in [0.4, 0.5) is 0 Å². The number of phenolic OH excluding ortho intramolecular Hbond substituents is 2. The molecule has 0 amide bonds. The molecule has 2 aromatic rings. The van der Waals surface area contributed by atoms with E-state index >= 15 is 0 Å². The zero-order chi connectivity index (χ0) is 15.3. The maximum Gasteiger partial charge on any atom is 0.115 e. The first-order chi connectivity index (χ1) is 10.6. The highest BCUT2D eigenvalue weighted by Gasteiger charge is 2.46. The van der Waals surface area contributed by atoms with Gasteiger partial charge in [-0.3, -0.25) is 0 Å². The Morgan fingerprint density at radius 1 is 1.04 bits per heavy atom. The van der Waals surface area contributed by atoms with Crippen LogP contribution in [0, 0.1) is 0 Å². The normalized spacial score (nSPS) is 26.2. The van der Waals surface area contributed by atoms with E-state index in [1.54, 1.807) is 18.2 Å². The van der Waals surface area contributed by atoms with Gasteiger partial charge in [-0.1, -0.05) is 18.2 Å². The standard InChI is InChI=1S/C19H21NO2.BrH/c1-20-9-8-19(14-3-6-16(21)7-4-14)12-15(20)10-13-2-5-17(22)11-18(13)19;/h2-7,11,15,21-22H,8-10,12H2,1H3;1H. The molecular formula is C19H22BrNO2. The van der Waals surface area contributed by atoms with Crippen LogP contribution < -0.4 is 0 Å². The Hall–Kier alpha value is -1.52. The Labute approximate surface area is 147 Å². The fourth-order valence-electron chi connectivity index (χ4n) is 4.32. The number of benzene rings is 2. The minimum absolute atomic E-state index is 0. The Balaban J connectivity index is 0.00000156. The number of likely N-dealkylation sites (N-methyl/N-ethyl adjacent to an activating group) is 1. The maximum atomic E-state index is 9.99. The van der Waals surface area contributed by atoms with Crippen molar-refractivity contribution in [2.45, 2.75) is 30.7 Å². The van der Waals surface area contributed by atoms with Crippen LogP contribution in [0.1, 0.15) is 29.5 Å². The van der Waals surface area contributed by atoms with Crippen molar-refractivity contribution >= 4 is 17.0 Å². The number of halogens is 1. The van der Waals surface area contributed by atoms with Crippen LogP contribution in [0.2, 0.25) is 0 Å². The van der Waals surface area contributed by atoms with Gasteiger partial charge in [-0.25, -0.2) is 0 Å². The van der Waals surface area contributed by atoms with Crippen molar-refractivity contribution in [3.63, 3.8) is 0 Å². The van der Waals surface area contributed by atoms with Gasteiger partial charge in [0.05, 0.1) is 0 Å². The molecule has 2 aromatic carbocycles. The number of fused-ring (bicyclic) bond motifs is 4. The molecule has 4 rings (SSSR count). The molecule has 0 radical (unpaired) electrons. The smallest absolute Gasteiger partial charge is 0.115 e. The predicted octanol–water partition coefficient (Wildman–Crippen LogP) is 3.61. The van der Waals surface area contributed by atoms with Crippen LogP contribution in [-0.2, 0) is 11.8 Å². The molecule has 1 saturated heterocycles. The van der Waals surface area contributed by atoms with E-state index in [2.05, 4.69) is 18.0 Å². The lowest BCUT2D eigenvalue weighted by Gasteiger charge is -2.50. The summed E-state index contributed by atoms with van der Waals surface area (Å²) in [5, 5.41) is 19.6. The first-order valence-electron chi connectivity index (χ1n) is 7.91. The topological polar surface area (TPSA) is 43.7 Å². The van der Waals surface area contributed by atoms with E-state index in [0.29, 0.717) is 17.5 Å². The number of piperidine rings is 1. The van der Waals surface area contributed by atoms with Gasteiger partial charge < -0.3 is 15.1 Å². The van der Waals surface area contributed by atoms with Crippen molar-refractivity contribution in [1.82, 2.24) is 4.90 Å². The number of nitrogens with zero attached hydrogens (tertiary/aromatic N) is 1. The first-order valence-corrected chi connectivity index (χ1v) is 7.91. The van der Waals surface area contributed by atoms with Crippen molar-refractivity contribution in [2.75, 3.05) is 13.6 Å². The average molecular weight is 376 g/mol. The van der Waals surface area contributed by atoms with Gasteiger partial charge in [0, 0.05) is 11.5 Å². The molecule has 1 aliphatic carbocycles. The minimum Gasteiger partial charge on any atom is -0.508 e. The maximum absolute atomic E-state index is 9.99. The molecule has 0 spiro atoms. The number of aromatic hydroxyl groups is 2. The average Bonchev–Trinajstić information content (AvgIpc) is 2.52. The van der Waals surface area contributed by atoms with Crippen molar-refractivity contribution in [3.8, 4) is 11.5 Å². The van der Waals surface area contributed by atoms with E-state index in [1.165, 1.54) is 16.7 Å². The highest BCUT2D eigenvalue weighted by Crippen LogP contribution is 2.49. The minimum atomic E-state index is -0.0444. The van der Waals surface area contributed by atoms with Crippen LogP contribution in [0.5, 0.6) is 11.5 Å². The Morgan fingerprint density at radius 2 is 1.74 bits per heavy atom. The van der Waals surface area contributed by atoms with Gasteiger partial charge in [0.15, 0.2) is 0 Å². The van der Waals surface area contributed by atoms with Crippen molar-refractivity contribution in [2.24, 2.45) is 0 Å². The molecule has 4 heteroatoms. The molecule has 122 valence electrons. The molecule has 1 fully saturated rings.